The number of carbonyl (C=O) groups is 1. The number of fused-ring (bicyclic) bond motifs is 1. The van der Waals surface area contributed by atoms with Crippen molar-refractivity contribution < 1.29 is 9.72 Å². The van der Waals surface area contributed by atoms with Crippen molar-refractivity contribution in [2.75, 3.05) is 0 Å². The summed E-state index contributed by atoms with van der Waals surface area (Å²) in [5.74, 6) is -0.140. The number of hydrogen-bond acceptors (Lipinski definition) is 4. The molecule has 1 heterocycles. The van der Waals surface area contributed by atoms with Crippen LogP contribution in [-0.4, -0.2) is 10.7 Å². The van der Waals surface area contributed by atoms with Crippen molar-refractivity contribution in [2.24, 2.45) is 0 Å². The van der Waals surface area contributed by atoms with Gasteiger partial charge in [0.15, 0.2) is 0 Å². The minimum Gasteiger partial charge on any atom is -0.288 e. The van der Waals surface area contributed by atoms with Crippen LogP contribution in [0.3, 0.4) is 0 Å². The molecule has 0 bridgehead atoms. The predicted octanol–water partition coefficient (Wildman–Crippen LogP) is 5.23. The van der Waals surface area contributed by atoms with Gasteiger partial charge in [-0.05, 0) is 24.3 Å². The van der Waals surface area contributed by atoms with Crippen LogP contribution in [0.4, 0.5) is 5.69 Å². The molecule has 0 amide bonds. The number of halogens is 2. The van der Waals surface area contributed by atoms with Crippen molar-refractivity contribution in [3.8, 4) is 0 Å². The summed E-state index contributed by atoms with van der Waals surface area (Å²) in [4.78, 5) is 24.0. The molecule has 0 atom stereocenters. The molecular weight excluding hydrogens is 345 g/mol. The number of thioether (sulfide) groups is 1. The number of ketones is 1. The molecule has 3 rings (SSSR count). The molecule has 22 heavy (non-hydrogen) atoms. The maximum absolute atomic E-state index is 12.3. The first kappa shape index (κ1) is 15.1. The van der Waals surface area contributed by atoms with Crippen LogP contribution in [0.25, 0.3) is 6.08 Å². The zero-order chi connectivity index (χ0) is 15.9. The van der Waals surface area contributed by atoms with E-state index in [1.165, 1.54) is 30.0 Å². The van der Waals surface area contributed by atoms with Gasteiger partial charge in [-0.15, -0.1) is 0 Å². The summed E-state index contributed by atoms with van der Waals surface area (Å²) in [6.07, 6.45) is 1.50. The average Bonchev–Trinajstić information content (AvgIpc) is 2.80. The number of benzene rings is 2. The molecule has 1 aliphatic heterocycles. The molecule has 110 valence electrons. The first-order chi connectivity index (χ1) is 10.5. The predicted molar refractivity (Wildman–Crippen MR) is 87.7 cm³/mol. The Morgan fingerprint density at radius 1 is 1.14 bits per heavy atom. The Hall–Kier alpha value is -1.82. The Labute approximate surface area is 139 Å². The summed E-state index contributed by atoms with van der Waals surface area (Å²) in [7, 11) is 0. The van der Waals surface area contributed by atoms with Crippen LogP contribution in [0.2, 0.25) is 10.0 Å². The van der Waals surface area contributed by atoms with Gasteiger partial charge in [-0.1, -0.05) is 47.1 Å². The number of nitro benzene ring substituents is 1. The van der Waals surface area contributed by atoms with E-state index in [4.69, 9.17) is 23.2 Å². The van der Waals surface area contributed by atoms with Gasteiger partial charge in [0.2, 0.25) is 5.78 Å². The van der Waals surface area contributed by atoms with Crippen LogP contribution >= 0.6 is 35.0 Å². The molecular formula is C15H7Cl2NO3S. The summed E-state index contributed by atoms with van der Waals surface area (Å²) in [5, 5.41) is 11.1. The van der Waals surface area contributed by atoms with E-state index in [0.717, 1.165) is 4.90 Å². The second-order valence-corrected chi connectivity index (χ2v) is 6.36. The van der Waals surface area contributed by atoms with E-state index in [0.29, 0.717) is 10.5 Å². The standard InChI is InChI=1S/C15H7Cl2NO3S/c16-10-5-6-11(18(20)21)14(17)9(10)7-13-15(19)8-3-1-2-4-12(8)22-13/h1-7H/b13-7+. The molecule has 0 spiro atoms. The zero-order valence-electron chi connectivity index (χ0n) is 10.9. The number of nitrogens with zero attached hydrogens (tertiary/aromatic N) is 1. The number of carbonyl (C=O) groups excluding carboxylic acids is 1. The fourth-order valence-corrected chi connectivity index (χ4v) is 3.68. The molecule has 0 aromatic heterocycles. The molecule has 7 heteroatoms. The summed E-state index contributed by atoms with van der Waals surface area (Å²) < 4.78 is 0. The van der Waals surface area contributed by atoms with E-state index < -0.39 is 4.92 Å². The number of hydrogen-bond donors (Lipinski definition) is 0. The van der Waals surface area contributed by atoms with E-state index in [2.05, 4.69) is 0 Å². The van der Waals surface area contributed by atoms with Crippen LogP contribution < -0.4 is 0 Å². The lowest BCUT2D eigenvalue weighted by Gasteiger charge is -2.04. The summed E-state index contributed by atoms with van der Waals surface area (Å²) in [6.45, 7) is 0. The maximum Gasteiger partial charge on any atom is 0.288 e. The molecule has 2 aromatic rings. The third-order valence-electron chi connectivity index (χ3n) is 3.15. The largest absolute Gasteiger partial charge is 0.288 e. The fourth-order valence-electron chi connectivity index (χ4n) is 2.10. The van der Waals surface area contributed by atoms with Gasteiger partial charge in [0.05, 0.1) is 9.83 Å². The quantitative estimate of drug-likeness (QED) is 0.422. The molecule has 0 radical (unpaired) electrons. The Balaban J connectivity index is 2.10. The van der Waals surface area contributed by atoms with Crippen molar-refractivity contribution in [3.63, 3.8) is 0 Å². The number of allylic oxidation sites excluding steroid dienone is 1. The minimum atomic E-state index is -0.584. The van der Waals surface area contributed by atoms with Gasteiger partial charge in [0.25, 0.3) is 5.69 Å². The Kier molecular flexibility index (Phi) is 3.95. The van der Waals surface area contributed by atoms with Gasteiger partial charge in [-0.2, -0.15) is 0 Å². The van der Waals surface area contributed by atoms with Gasteiger partial charge < -0.3 is 0 Å². The number of rotatable bonds is 2. The lowest BCUT2D eigenvalue weighted by Crippen LogP contribution is -1.95. The van der Waals surface area contributed by atoms with Gasteiger partial charge in [-0.25, -0.2) is 0 Å². The van der Waals surface area contributed by atoms with E-state index in [1.807, 2.05) is 12.1 Å². The molecule has 1 aliphatic rings. The second kappa shape index (κ2) is 5.76. The maximum atomic E-state index is 12.3. The normalized spacial score (nSPS) is 15.2. The van der Waals surface area contributed by atoms with Gasteiger partial charge in [-0.3, -0.25) is 14.9 Å². The summed E-state index contributed by atoms with van der Waals surface area (Å²) >= 11 is 13.4. The average molecular weight is 352 g/mol. The SMILES string of the molecule is O=C1/C(=C\c2c(Cl)ccc([N+](=O)[O-])c2Cl)Sc2ccccc21. The molecule has 0 aliphatic carbocycles. The van der Waals surface area contributed by atoms with Gasteiger partial charge >= 0.3 is 0 Å². The van der Waals surface area contributed by atoms with Crippen LogP contribution in [0.15, 0.2) is 46.2 Å². The molecule has 4 nitrogen and oxygen atoms in total. The van der Waals surface area contributed by atoms with Crippen LogP contribution in [0, 0.1) is 10.1 Å². The molecule has 2 aromatic carbocycles. The fraction of sp³-hybridized carbons (Fsp3) is 0. The van der Waals surface area contributed by atoms with Crippen molar-refractivity contribution in [1.29, 1.82) is 0 Å². The van der Waals surface area contributed by atoms with Crippen LogP contribution in [0.5, 0.6) is 0 Å². The highest BCUT2D eigenvalue weighted by Crippen LogP contribution is 2.43. The topological polar surface area (TPSA) is 60.2 Å². The molecule has 0 saturated carbocycles. The van der Waals surface area contributed by atoms with E-state index in [9.17, 15) is 14.9 Å². The first-order valence-electron chi connectivity index (χ1n) is 6.14. The number of nitro groups is 1. The second-order valence-electron chi connectivity index (χ2n) is 4.49. The smallest absolute Gasteiger partial charge is 0.288 e. The molecule has 0 fully saturated rings. The Morgan fingerprint density at radius 2 is 1.86 bits per heavy atom. The third kappa shape index (κ3) is 2.52. The van der Waals surface area contributed by atoms with Crippen molar-refractivity contribution in [2.45, 2.75) is 4.90 Å². The Morgan fingerprint density at radius 3 is 2.55 bits per heavy atom. The Bertz CT molecular complexity index is 849. The van der Waals surface area contributed by atoms with Crippen molar-refractivity contribution >= 4 is 52.5 Å². The van der Waals surface area contributed by atoms with Gasteiger partial charge in [0.1, 0.15) is 5.02 Å². The first-order valence-corrected chi connectivity index (χ1v) is 7.72. The monoisotopic (exact) mass is 351 g/mol. The minimum absolute atomic E-state index is 0.0747. The van der Waals surface area contributed by atoms with E-state index in [-0.39, 0.29) is 27.1 Å². The highest BCUT2D eigenvalue weighted by atomic mass is 35.5. The van der Waals surface area contributed by atoms with Crippen LogP contribution in [0.1, 0.15) is 15.9 Å². The van der Waals surface area contributed by atoms with Crippen molar-refractivity contribution in [1.82, 2.24) is 0 Å². The van der Waals surface area contributed by atoms with E-state index >= 15 is 0 Å². The molecule has 0 saturated heterocycles. The zero-order valence-corrected chi connectivity index (χ0v) is 13.2. The lowest BCUT2D eigenvalue weighted by atomic mass is 10.1. The van der Waals surface area contributed by atoms with Gasteiger partial charge in [0, 0.05) is 27.1 Å². The highest BCUT2D eigenvalue weighted by molar-refractivity contribution is 8.04. The molecule has 0 N–H and O–H groups in total. The molecule has 0 unspecified atom stereocenters. The van der Waals surface area contributed by atoms with Crippen molar-refractivity contribution in [3.05, 3.63) is 72.6 Å². The highest BCUT2D eigenvalue weighted by Gasteiger charge is 2.26. The number of Topliss-reactive ketones (excluding diaryl/α,β-unsaturated/α-hetero) is 1. The van der Waals surface area contributed by atoms with Crippen LogP contribution in [-0.2, 0) is 0 Å². The summed E-state index contributed by atoms with van der Waals surface area (Å²) in [6, 6.07) is 9.85. The third-order valence-corrected chi connectivity index (χ3v) is 4.98. The van der Waals surface area contributed by atoms with E-state index in [1.54, 1.807) is 12.1 Å². The lowest BCUT2D eigenvalue weighted by molar-refractivity contribution is -0.384. The summed E-state index contributed by atoms with van der Waals surface area (Å²) in [5.41, 5.74) is 0.642.